The SMILES string of the molecule is CN1CCCCC1Cn1ncc(Oc2ccccc2)c1C(=O)O. The number of carboxylic acid groups (broad SMARTS) is 1. The fourth-order valence-electron chi connectivity index (χ4n) is 2.99. The number of benzene rings is 1. The maximum Gasteiger partial charge on any atom is 0.358 e. The van der Waals surface area contributed by atoms with Crippen LogP contribution in [0.1, 0.15) is 29.8 Å². The fraction of sp³-hybridized carbons (Fsp3) is 0.412. The molecule has 0 radical (unpaired) electrons. The van der Waals surface area contributed by atoms with Crippen LogP contribution in [-0.2, 0) is 6.54 Å². The largest absolute Gasteiger partial charge is 0.476 e. The van der Waals surface area contributed by atoms with Crippen LogP contribution < -0.4 is 4.74 Å². The third-order valence-corrected chi connectivity index (χ3v) is 4.28. The molecule has 0 aliphatic carbocycles. The Hall–Kier alpha value is -2.34. The van der Waals surface area contributed by atoms with Gasteiger partial charge in [-0.2, -0.15) is 5.10 Å². The molecule has 2 heterocycles. The zero-order chi connectivity index (χ0) is 16.2. The minimum Gasteiger partial charge on any atom is -0.476 e. The summed E-state index contributed by atoms with van der Waals surface area (Å²) in [4.78, 5) is 13.9. The highest BCUT2D eigenvalue weighted by Gasteiger charge is 2.25. The first-order chi connectivity index (χ1) is 11.1. The Morgan fingerprint density at radius 1 is 1.35 bits per heavy atom. The van der Waals surface area contributed by atoms with E-state index in [1.807, 2.05) is 18.2 Å². The number of aromatic carboxylic acids is 1. The van der Waals surface area contributed by atoms with Crippen molar-refractivity contribution in [3.8, 4) is 11.5 Å². The van der Waals surface area contributed by atoms with Gasteiger partial charge >= 0.3 is 5.97 Å². The summed E-state index contributed by atoms with van der Waals surface area (Å²) in [6, 6.07) is 9.46. The van der Waals surface area contributed by atoms with E-state index in [0.29, 0.717) is 18.3 Å². The smallest absolute Gasteiger partial charge is 0.358 e. The highest BCUT2D eigenvalue weighted by atomic mass is 16.5. The standard InChI is InChI=1S/C17H21N3O3/c1-19-10-6-5-7-13(19)12-20-16(17(21)22)15(11-18-20)23-14-8-3-2-4-9-14/h2-4,8-9,11,13H,5-7,10,12H2,1H3,(H,21,22). The molecule has 1 aliphatic heterocycles. The maximum absolute atomic E-state index is 11.7. The molecule has 0 bridgehead atoms. The van der Waals surface area contributed by atoms with Crippen LogP contribution in [0.4, 0.5) is 0 Å². The van der Waals surface area contributed by atoms with E-state index in [2.05, 4.69) is 17.0 Å². The molecule has 1 unspecified atom stereocenters. The van der Waals surface area contributed by atoms with Crippen molar-refractivity contribution in [3.05, 3.63) is 42.2 Å². The summed E-state index contributed by atoms with van der Waals surface area (Å²) in [5, 5.41) is 13.8. The highest BCUT2D eigenvalue weighted by Crippen LogP contribution is 2.26. The fourth-order valence-corrected chi connectivity index (χ4v) is 2.99. The van der Waals surface area contributed by atoms with Gasteiger partial charge in [0.1, 0.15) is 5.75 Å². The van der Waals surface area contributed by atoms with Gasteiger partial charge in [-0.25, -0.2) is 4.79 Å². The molecule has 23 heavy (non-hydrogen) atoms. The summed E-state index contributed by atoms with van der Waals surface area (Å²) in [6.07, 6.45) is 4.91. The first kappa shape index (κ1) is 15.6. The predicted molar refractivity (Wildman–Crippen MR) is 86.0 cm³/mol. The lowest BCUT2D eigenvalue weighted by atomic mass is 10.0. The van der Waals surface area contributed by atoms with Gasteiger partial charge in [0, 0.05) is 6.04 Å². The molecule has 1 aliphatic rings. The van der Waals surface area contributed by atoms with E-state index in [-0.39, 0.29) is 11.4 Å². The molecule has 1 atom stereocenters. The van der Waals surface area contributed by atoms with Crippen molar-refractivity contribution >= 4 is 5.97 Å². The number of hydrogen-bond acceptors (Lipinski definition) is 4. The lowest BCUT2D eigenvalue weighted by Gasteiger charge is -2.32. The van der Waals surface area contributed by atoms with Gasteiger partial charge in [0.15, 0.2) is 11.4 Å². The molecule has 0 spiro atoms. The number of carbonyl (C=O) groups is 1. The first-order valence-electron chi connectivity index (χ1n) is 7.87. The third kappa shape index (κ3) is 3.53. The number of para-hydroxylation sites is 1. The number of nitrogens with zero attached hydrogens (tertiary/aromatic N) is 3. The van der Waals surface area contributed by atoms with Gasteiger partial charge in [0.05, 0.1) is 12.7 Å². The van der Waals surface area contributed by atoms with Crippen LogP contribution in [0.25, 0.3) is 0 Å². The number of aromatic nitrogens is 2. The molecule has 1 fully saturated rings. The normalized spacial score (nSPS) is 18.7. The Bertz CT molecular complexity index is 669. The van der Waals surface area contributed by atoms with Crippen molar-refractivity contribution in [2.75, 3.05) is 13.6 Å². The molecule has 0 saturated carbocycles. The van der Waals surface area contributed by atoms with Crippen LogP contribution in [0, 0.1) is 0 Å². The first-order valence-corrected chi connectivity index (χ1v) is 7.87. The van der Waals surface area contributed by atoms with Crippen molar-refractivity contribution in [2.24, 2.45) is 0 Å². The van der Waals surface area contributed by atoms with E-state index in [1.165, 1.54) is 19.0 Å². The average Bonchev–Trinajstić information content (AvgIpc) is 2.93. The highest BCUT2D eigenvalue weighted by molar-refractivity contribution is 5.88. The van der Waals surface area contributed by atoms with Gasteiger partial charge in [0.2, 0.25) is 0 Å². The lowest BCUT2D eigenvalue weighted by molar-refractivity contribution is 0.0675. The van der Waals surface area contributed by atoms with Gasteiger partial charge in [-0.3, -0.25) is 4.68 Å². The Balaban J connectivity index is 1.82. The molecule has 6 nitrogen and oxygen atoms in total. The van der Waals surface area contributed by atoms with E-state index >= 15 is 0 Å². The zero-order valence-electron chi connectivity index (χ0n) is 13.2. The second kappa shape index (κ2) is 6.83. The summed E-state index contributed by atoms with van der Waals surface area (Å²) in [6.45, 7) is 1.61. The summed E-state index contributed by atoms with van der Waals surface area (Å²) < 4.78 is 7.24. The monoisotopic (exact) mass is 315 g/mol. The van der Waals surface area contributed by atoms with E-state index in [9.17, 15) is 9.90 Å². The van der Waals surface area contributed by atoms with Crippen LogP contribution >= 0.6 is 0 Å². The average molecular weight is 315 g/mol. The molecule has 0 amide bonds. The van der Waals surface area contributed by atoms with E-state index in [4.69, 9.17) is 4.74 Å². The molecule has 1 aromatic carbocycles. The van der Waals surface area contributed by atoms with Crippen molar-refractivity contribution in [3.63, 3.8) is 0 Å². The minimum absolute atomic E-state index is 0.104. The lowest BCUT2D eigenvalue weighted by Crippen LogP contribution is -2.39. The van der Waals surface area contributed by atoms with E-state index in [1.54, 1.807) is 16.8 Å². The molecular weight excluding hydrogens is 294 g/mol. The van der Waals surface area contributed by atoms with Gasteiger partial charge < -0.3 is 14.7 Å². The van der Waals surface area contributed by atoms with Crippen molar-refractivity contribution in [1.29, 1.82) is 0 Å². The summed E-state index contributed by atoms with van der Waals surface area (Å²) in [7, 11) is 2.08. The Kier molecular flexibility index (Phi) is 4.62. The summed E-state index contributed by atoms with van der Waals surface area (Å²) >= 11 is 0. The second-order valence-corrected chi connectivity index (χ2v) is 5.89. The third-order valence-electron chi connectivity index (χ3n) is 4.28. The molecule has 3 rings (SSSR count). The maximum atomic E-state index is 11.7. The molecule has 6 heteroatoms. The van der Waals surface area contributed by atoms with Crippen LogP contribution in [0.2, 0.25) is 0 Å². The topological polar surface area (TPSA) is 67.6 Å². The minimum atomic E-state index is -1.02. The molecule has 1 aromatic heterocycles. The summed E-state index contributed by atoms with van der Waals surface area (Å²) in [5.74, 6) is -0.140. The molecule has 1 saturated heterocycles. The number of hydrogen-bond donors (Lipinski definition) is 1. The van der Waals surface area contributed by atoms with E-state index in [0.717, 1.165) is 13.0 Å². The Labute approximate surface area is 135 Å². The Morgan fingerprint density at radius 2 is 2.13 bits per heavy atom. The van der Waals surface area contributed by atoms with Crippen LogP contribution in [0.5, 0.6) is 11.5 Å². The van der Waals surface area contributed by atoms with Crippen molar-refractivity contribution < 1.29 is 14.6 Å². The Morgan fingerprint density at radius 3 is 2.83 bits per heavy atom. The van der Waals surface area contributed by atoms with Crippen LogP contribution in [0.15, 0.2) is 36.5 Å². The number of likely N-dealkylation sites (tertiary alicyclic amines) is 1. The molecule has 1 N–H and O–H groups in total. The van der Waals surface area contributed by atoms with Gasteiger partial charge in [0.25, 0.3) is 0 Å². The number of rotatable bonds is 5. The van der Waals surface area contributed by atoms with Gasteiger partial charge in [-0.1, -0.05) is 24.6 Å². The molecule has 122 valence electrons. The quantitative estimate of drug-likeness (QED) is 0.919. The molecule has 2 aromatic rings. The van der Waals surface area contributed by atoms with Gasteiger partial charge in [-0.15, -0.1) is 0 Å². The van der Waals surface area contributed by atoms with Crippen molar-refractivity contribution in [2.45, 2.75) is 31.8 Å². The predicted octanol–water partition coefficient (Wildman–Crippen LogP) is 2.86. The van der Waals surface area contributed by atoms with E-state index < -0.39 is 5.97 Å². The second-order valence-electron chi connectivity index (χ2n) is 5.89. The number of carboxylic acids is 1. The van der Waals surface area contributed by atoms with Crippen LogP contribution in [0.3, 0.4) is 0 Å². The molecular formula is C17H21N3O3. The number of piperidine rings is 1. The van der Waals surface area contributed by atoms with Crippen LogP contribution in [-0.4, -0.2) is 45.4 Å². The van der Waals surface area contributed by atoms with Crippen molar-refractivity contribution in [1.82, 2.24) is 14.7 Å². The summed E-state index contributed by atoms with van der Waals surface area (Å²) in [5.41, 5.74) is 0.104. The van der Waals surface area contributed by atoms with Gasteiger partial charge in [-0.05, 0) is 38.6 Å². The zero-order valence-corrected chi connectivity index (χ0v) is 13.2. The number of likely N-dealkylation sites (N-methyl/N-ethyl adjacent to an activating group) is 1. The number of ether oxygens (including phenoxy) is 1.